The van der Waals surface area contributed by atoms with E-state index in [-0.39, 0.29) is 0 Å². The molecule has 0 aromatic carbocycles. The Labute approximate surface area is 118 Å². The van der Waals surface area contributed by atoms with Gasteiger partial charge in [0.25, 0.3) is 0 Å². The van der Waals surface area contributed by atoms with Gasteiger partial charge in [0.2, 0.25) is 0 Å². The van der Waals surface area contributed by atoms with Gasteiger partial charge in [-0.15, -0.1) is 0 Å². The quantitative estimate of drug-likeness (QED) is 0.919. The zero-order chi connectivity index (χ0) is 13.8. The summed E-state index contributed by atoms with van der Waals surface area (Å²) in [6.07, 6.45) is 5.65. The van der Waals surface area contributed by atoms with Crippen LogP contribution in [0.2, 0.25) is 0 Å². The Morgan fingerprint density at radius 3 is 2.47 bits per heavy atom. The van der Waals surface area contributed by atoms with Crippen molar-refractivity contribution in [3.63, 3.8) is 0 Å². The fourth-order valence-corrected chi connectivity index (χ4v) is 3.41. The summed E-state index contributed by atoms with van der Waals surface area (Å²) in [5.74, 6) is -0.411. The summed E-state index contributed by atoms with van der Waals surface area (Å²) in [7, 11) is 0. The second kappa shape index (κ2) is 6.37. The Kier molecular flexibility index (Phi) is 4.80. The molecule has 0 amide bonds. The Balaban J connectivity index is 2.22. The van der Waals surface area contributed by atoms with Crippen LogP contribution in [0.25, 0.3) is 0 Å². The van der Waals surface area contributed by atoms with E-state index >= 15 is 0 Å². The highest BCUT2D eigenvalue weighted by Gasteiger charge is 2.21. The van der Waals surface area contributed by atoms with Crippen molar-refractivity contribution in [1.29, 1.82) is 0 Å². The lowest BCUT2D eigenvalue weighted by Crippen LogP contribution is -2.23. The highest BCUT2D eigenvalue weighted by Crippen LogP contribution is 2.29. The molecule has 0 radical (unpaired) electrons. The number of carboxylic acid groups (broad SMARTS) is 1. The normalized spacial score (nSPS) is 16.7. The maximum Gasteiger partial charge on any atom is 0.347 e. The highest BCUT2D eigenvalue weighted by atomic mass is 32.1. The van der Waals surface area contributed by atoms with Crippen LogP contribution in [0.1, 0.15) is 54.9 Å². The van der Waals surface area contributed by atoms with Gasteiger partial charge in [-0.05, 0) is 25.2 Å². The summed E-state index contributed by atoms with van der Waals surface area (Å²) in [4.78, 5) is 18.6. The largest absolute Gasteiger partial charge is 0.477 e. The Hall–Kier alpha value is -1.10. The zero-order valence-corrected chi connectivity index (χ0v) is 12.5. The van der Waals surface area contributed by atoms with Crippen LogP contribution < -0.4 is 4.90 Å². The Bertz CT molecular complexity index is 435. The molecule has 0 saturated carbocycles. The summed E-state index contributed by atoms with van der Waals surface area (Å²) >= 11 is 1.34. The summed E-state index contributed by atoms with van der Waals surface area (Å²) in [5, 5.41) is 10.2. The molecule has 0 bridgehead atoms. The maximum atomic E-state index is 11.3. The molecule has 0 aliphatic carbocycles. The van der Waals surface area contributed by atoms with Crippen molar-refractivity contribution in [3.8, 4) is 0 Å². The van der Waals surface area contributed by atoms with Gasteiger partial charge in [0, 0.05) is 13.1 Å². The molecule has 1 N–H and O–H groups in total. The topological polar surface area (TPSA) is 53.4 Å². The number of carboxylic acids is 1. The minimum Gasteiger partial charge on any atom is -0.477 e. The number of hydrogen-bond donors (Lipinski definition) is 1. The Morgan fingerprint density at radius 2 is 1.95 bits per heavy atom. The number of aromatic nitrogens is 1. The summed E-state index contributed by atoms with van der Waals surface area (Å²) in [5.41, 5.74) is 0.756. The second-order valence-corrected chi connectivity index (χ2v) is 6.55. The summed E-state index contributed by atoms with van der Waals surface area (Å²) in [6.45, 7) is 6.20. The van der Waals surface area contributed by atoms with Crippen LogP contribution >= 0.6 is 11.3 Å². The molecule has 0 spiro atoms. The lowest BCUT2D eigenvalue weighted by molar-refractivity contribution is 0.0700. The Morgan fingerprint density at radius 1 is 1.32 bits per heavy atom. The lowest BCUT2D eigenvalue weighted by Gasteiger charge is -2.18. The third-order valence-electron chi connectivity index (χ3n) is 3.36. The van der Waals surface area contributed by atoms with Crippen molar-refractivity contribution < 1.29 is 9.90 Å². The first-order valence-electron chi connectivity index (χ1n) is 7.06. The van der Waals surface area contributed by atoms with Crippen molar-refractivity contribution in [2.75, 3.05) is 18.0 Å². The van der Waals surface area contributed by atoms with E-state index < -0.39 is 5.97 Å². The van der Waals surface area contributed by atoms with E-state index in [0.717, 1.165) is 30.3 Å². The van der Waals surface area contributed by atoms with Gasteiger partial charge in [-0.3, -0.25) is 0 Å². The van der Waals surface area contributed by atoms with Gasteiger partial charge in [-0.25, -0.2) is 9.78 Å². The summed E-state index contributed by atoms with van der Waals surface area (Å²) in [6, 6.07) is 0. The van der Waals surface area contributed by atoms with Gasteiger partial charge in [-0.2, -0.15) is 0 Å². The number of thiazole rings is 1. The average molecular weight is 282 g/mol. The van der Waals surface area contributed by atoms with Crippen LogP contribution in [0.3, 0.4) is 0 Å². The monoisotopic (exact) mass is 282 g/mol. The van der Waals surface area contributed by atoms with Crippen molar-refractivity contribution in [2.45, 2.75) is 46.0 Å². The van der Waals surface area contributed by atoms with Crippen LogP contribution in [0.15, 0.2) is 0 Å². The van der Waals surface area contributed by atoms with Gasteiger partial charge < -0.3 is 10.0 Å². The molecule has 5 heteroatoms. The third kappa shape index (κ3) is 3.69. The lowest BCUT2D eigenvalue weighted by atomic mass is 10.1. The van der Waals surface area contributed by atoms with E-state index in [1.165, 1.54) is 37.0 Å². The van der Waals surface area contributed by atoms with Gasteiger partial charge in [0.1, 0.15) is 4.88 Å². The second-order valence-electron chi connectivity index (χ2n) is 5.58. The SMILES string of the molecule is CC(C)Cc1nc(N2CCCCCC2)sc1C(=O)O. The predicted octanol–water partition coefficient (Wildman–Crippen LogP) is 3.42. The first-order valence-corrected chi connectivity index (χ1v) is 7.87. The number of aromatic carboxylic acids is 1. The number of hydrogen-bond acceptors (Lipinski definition) is 4. The molecule has 19 heavy (non-hydrogen) atoms. The van der Waals surface area contributed by atoms with E-state index in [1.54, 1.807) is 0 Å². The minimum atomic E-state index is -0.839. The standard InChI is InChI=1S/C14H22N2O2S/c1-10(2)9-11-12(13(17)18)19-14(15-11)16-7-5-3-4-6-8-16/h10H,3-9H2,1-2H3,(H,17,18). The number of nitrogens with zero attached hydrogens (tertiary/aromatic N) is 2. The molecule has 1 aromatic rings. The zero-order valence-electron chi connectivity index (χ0n) is 11.7. The van der Waals surface area contributed by atoms with Crippen LogP contribution in [-0.2, 0) is 6.42 Å². The maximum absolute atomic E-state index is 11.3. The van der Waals surface area contributed by atoms with Crippen molar-refractivity contribution in [3.05, 3.63) is 10.6 Å². The van der Waals surface area contributed by atoms with Crippen LogP contribution in [-0.4, -0.2) is 29.1 Å². The summed E-state index contributed by atoms with van der Waals surface area (Å²) < 4.78 is 0. The fourth-order valence-electron chi connectivity index (χ4n) is 2.43. The van der Waals surface area contributed by atoms with E-state index in [0.29, 0.717) is 10.8 Å². The molecule has 0 atom stereocenters. The van der Waals surface area contributed by atoms with Crippen molar-refractivity contribution >= 4 is 22.4 Å². The van der Waals surface area contributed by atoms with Gasteiger partial charge in [0.05, 0.1) is 5.69 Å². The average Bonchev–Trinajstić information content (AvgIpc) is 2.59. The van der Waals surface area contributed by atoms with Gasteiger partial charge in [-0.1, -0.05) is 38.0 Å². The van der Waals surface area contributed by atoms with Crippen LogP contribution in [0, 0.1) is 5.92 Å². The molecule has 1 aromatic heterocycles. The minimum absolute atomic E-state index is 0.424. The molecular weight excluding hydrogens is 260 g/mol. The fraction of sp³-hybridized carbons (Fsp3) is 0.714. The third-order valence-corrected chi connectivity index (χ3v) is 4.50. The van der Waals surface area contributed by atoms with E-state index in [4.69, 9.17) is 0 Å². The van der Waals surface area contributed by atoms with Gasteiger partial charge in [0.15, 0.2) is 5.13 Å². The van der Waals surface area contributed by atoms with Gasteiger partial charge >= 0.3 is 5.97 Å². The number of carbonyl (C=O) groups is 1. The van der Waals surface area contributed by atoms with E-state index in [2.05, 4.69) is 23.7 Å². The molecule has 0 unspecified atom stereocenters. The highest BCUT2D eigenvalue weighted by molar-refractivity contribution is 7.17. The number of rotatable bonds is 4. The molecule has 2 heterocycles. The smallest absolute Gasteiger partial charge is 0.347 e. The van der Waals surface area contributed by atoms with Crippen LogP contribution in [0.4, 0.5) is 5.13 Å². The molecule has 1 aliphatic heterocycles. The predicted molar refractivity (Wildman–Crippen MR) is 78.3 cm³/mol. The van der Waals surface area contributed by atoms with Crippen molar-refractivity contribution in [1.82, 2.24) is 4.98 Å². The molecular formula is C14H22N2O2S. The molecule has 1 aliphatic rings. The van der Waals surface area contributed by atoms with E-state index in [1.807, 2.05) is 0 Å². The first kappa shape index (κ1) is 14.3. The first-order chi connectivity index (χ1) is 9.08. The molecule has 1 saturated heterocycles. The molecule has 4 nitrogen and oxygen atoms in total. The van der Waals surface area contributed by atoms with E-state index in [9.17, 15) is 9.90 Å². The molecule has 106 valence electrons. The van der Waals surface area contributed by atoms with Crippen molar-refractivity contribution in [2.24, 2.45) is 5.92 Å². The van der Waals surface area contributed by atoms with Crippen LogP contribution in [0.5, 0.6) is 0 Å². The number of anilines is 1. The molecule has 1 fully saturated rings. The molecule has 2 rings (SSSR count).